The van der Waals surface area contributed by atoms with Crippen molar-refractivity contribution in [1.82, 2.24) is 4.90 Å². The van der Waals surface area contributed by atoms with Crippen LogP contribution in [0.25, 0.3) is 0 Å². The molecule has 0 heterocycles. The molecule has 0 saturated carbocycles. The van der Waals surface area contributed by atoms with E-state index in [1.807, 2.05) is 24.3 Å². The molecule has 0 radical (unpaired) electrons. The standard InChI is InChI=1S/C15H24BrNO/c1-4-17(11-12(2)3)10-9-15(18)13-7-5-6-8-14(13)16/h5-8,12,15,18H,4,9-11H2,1-3H3. The van der Waals surface area contributed by atoms with Crippen molar-refractivity contribution < 1.29 is 5.11 Å². The number of aliphatic hydroxyl groups is 1. The summed E-state index contributed by atoms with van der Waals surface area (Å²) in [4.78, 5) is 2.39. The average molecular weight is 314 g/mol. The molecule has 0 aromatic heterocycles. The van der Waals surface area contributed by atoms with Crippen molar-refractivity contribution in [3.05, 3.63) is 34.3 Å². The summed E-state index contributed by atoms with van der Waals surface area (Å²) in [7, 11) is 0. The summed E-state index contributed by atoms with van der Waals surface area (Å²) in [5.41, 5.74) is 0.984. The summed E-state index contributed by atoms with van der Waals surface area (Å²) in [6.07, 6.45) is 0.394. The lowest BCUT2D eigenvalue weighted by atomic mass is 10.1. The van der Waals surface area contributed by atoms with Crippen LogP contribution < -0.4 is 0 Å². The van der Waals surface area contributed by atoms with Gasteiger partial charge in [0.1, 0.15) is 0 Å². The zero-order valence-electron chi connectivity index (χ0n) is 11.6. The summed E-state index contributed by atoms with van der Waals surface area (Å²) >= 11 is 3.49. The Labute approximate surface area is 119 Å². The minimum atomic E-state index is -0.387. The van der Waals surface area contributed by atoms with Crippen LogP contribution in [0.5, 0.6) is 0 Å². The molecule has 1 rings (SSSR count). The first-order valence-corrected chi connectivity index (χ1v) is 7.48. The van der Waals surface area contributed by atoms with Gasteiger partial charge in [0.25, 0.3) is 0 Å². The highest BCUT2D eigenvalue weighted by Crippen LogP contribution is 2.25. The largest absolute Gasteiger partial charge is 0.388 e. The maximum atomic E-state index is 10.2. The van der Waals surface area contributed by atoms with Gasteiger partial charge in [0, 0.05) is 17.6 Å². The quantitative estimate of drug-likeness (QED) is 0.826. The van der Waals surface area contributed by atoms with Crippen LogP contribution in [0.4, 0.5) is 0 Å². The molecule has 1 unspecified atom stereocenters. The minimum absolute atomic E-state index is 0.387. The van der Waals surface area contributed by atoms with Gasteiger partial charge in [-0.05, 0) is 30.5 Å². The summed E-state index contributed by atoms with van der Waals surface area (Å²) in [5.74, 6) is 0.672. The fourth-order valence-corrected chi connectivity index (χ4v) is 2.65. The third kappa shape index (κ3) is 5.09. The number of rotatable bonds is 7. The topological polar surface area (TPSA) is 23.5 Å². The second-order valence-electron chi connectivity index (χ2n) is 5.11. The van der Waals surface area contributed by atoms with Crippen molar-refractivity contribution in [3.8, 4) is 0 Å². The molecule has 0 bridgehead atoms. The van der Waals surface area contributed by atoms with Gasteiger partial charge in [-0.1, -0.05) is 54.9 Å². The third-order valence-corrected chi connectivity index (χ3v) is 3.78. The van der Waals surface area contributed by atoms with Crippen LogP contribution >= 0.6 is 15.9 Å². The zero-order chi connectivity index (χ0) is 13.5. The molecular weight excluding hydrogens is 290 g/mol. The van der Waals surface area contributed by atoms with E-state index in [-0.39, 0.29) is 6.10 Å². The van der Waals surface area contributed by atoms with Gasteiger partial charge in [-0.2, -0.15) is 0 Å². The third-order valence-electron chi connectivity index (χ3n) is 3.05. The van der Waals surface area contributed by atoms with Gasteiger partial charge in [-0.15, -0.1) is 0 Å². The predicted octanol–water partition coefficient (Wildman–Crippen LogP) is 3.85. The van der Waals surface area contributed by atoms with Gasteiger partial charge in [0.2, 0.25) is 0 Å². The molecule has 18 heavy (non-hydrogen) atoms. The maximum Gasteiger partial charge on any atom is 0.0813 e. The van der Waals surface area contributed by atoms with Crippen LogP contribution in [-0.4, -0.2) is 29.6 Å². The molecule has 0 aliphatic heterocycles. The molecule has 0 aliphatic rings. The maximum absolute atomic E-state index is 10.2. The first kappa shape index (κ1) is 15.7. The van der Waals surface area contributed by atoms with Crippen LogP contribution in [0.2, 0.25) is 0 Å². The smallest absolute Gasteiger partial charge is 0.0813 e. The minimum Gasteiger partial charge on any atom is -0.388 e. The Morgan fingerprint density at radius 3 is 2.50 bits per heavy atom. The Morgan fingerprint density at radius 2 is 1.94 bits per heavy atom. The monoisotopic (exact) mass is 313 g/mol. The van der Waals surface area contributed by atoms with Crippen molar-refractivity contribution in [2.75, 3.05) is 19.6 Å². The Balaban J connectivity index is 2.50. The molecule has 0 saturated heterocycles. The molecule has 1 atom stereocenters. The van der Waals surface area contributed by atoms with Crippen LogP contribution in [0.15, 0.2) is 28.7 Å². The van der Waals surface area contributed by atoms with E-state index in [2.05, 4.69) is 41.6 Å². The molecule has 102 valence electrons. The highest BCUT2D eigenvalue weighted by Gasteiger charge is 2.13. The highest BCUT2D eigenvalue weighted by molar-refractivity contribution is 9.10. The van der Waals surface area contributed by atoms with E-state index in [0.29, 0.717) is 5.92 Å². The zero-order valence-corrected chi connectivity index (χ0v) is 13.2. The molecule has 0 spiro atoms. The fourth-order valence-electron chi connectivity index (χ4n) is 2.10. The van der Waals surface area contributed by atoms with Crippen molar-refractivity contribution in [2.45, 2.75) is 33.3 Å². The van der Waals surface area contributed by atoms with Crippen LogP contribution in [0.3, 0.4) is 0 Å². The molecule has 1 N–H and O–H groups in total. The number of benzene rings is 1. The van der Waals surface area contributed by atoms with E-state index in [9.17, 15) is 5.11 Å². The number of hydrogen-bond donors (Lipinski definition) is 1. The van der Waals surface area contributed by atoms with Crippen LogP contribution in [0, 0.1) is 5.92 Å². The molecular formula is C15H24BrNO. The van der Waals surface area contributed by atoms with E-state index in [4.69, 9.17) is 0 Å². The van der Waals surface area contributed by atoms with Crippen molar-refractivity contribution in [3.63, 3.8) is 0 Å². The Bertz CT molecular complexity index is 354. The van der Waals surface area contributed by atoms with Gasteiger partial charge in [0.05, 0.1) is 6.10 Å². The van der Waals surface area contributed by atoms with Crippen LogP contribution in [-0.2, 0) is 0 Å². The summed E-state index contributed by atoms with van der Waals surface area (Å²) in [6, 6.07) is 7.89. The molecule has 3 heteroatoms. The Kier molecular flexibility index (Phi) is 6.90. The summed E-state index contributed by atoms with van der Waals surface area (Å²) in [6.45, 7) is 9.71. The van der Waals surface area contributed by atoms with Gasteiger partial charge in [0.15, 0.2) is 0 Å². The van der Waals surface area contributed by atoms with Gasteiger partial charge in [-0.3, -0.25) is 0 Å². The predicted molar refractivity (Wildman–Crippen MR) is 80.7 cm³/mol. The first-order chi connectivity index (χ1) is 8.54. The summed E-state index contributed by atoms with van der Waals surface area (Å²) < 4.78 is 0.990. The van der Waals surface area contributed by atoms with E-state index in [1.54, 1.807) is 0 Å². The number of hydrogen-bond acceptors (Lipinski definition) is 2. The number of nitrogens with zero attached hydrogens (tertiary/aromatic N) is 1. The van der Waals surface area contributed by atoms with Crippen molar-refractivity contribution in [2.24, 2.45) is 5.92 Å². The van der Waals surface area contributed by atoms with Crippen molar-refractivity contribution >= 4 is 15.9 Å². The number of halogens is 1. The SMILES string of the molecule is CCN(CCC(O)c1ccccc1Br)CC(C)C. The lowest BCUT2D eigenvalue weighted by Gasteiger charge is -2.24. The summed E-state index contributed by atoms with van der Waals surface area (Å²) in [5, 5.41) is 10.2. The molecule has 0 amide bonds. The van der Waals surface area contributed by atoms with E-state index in [0.717, 1.165) is 36.1 Å². The lowest BCUT2D eigenvalue weighted by Crippen LogP contribution is -2.29. The highest BCUT2D eigenvalue weighted by atomic mass is 79.9. The van der Waals surface area contributed by atoms with E-state index < -0.39 is 0 Å². The van der Waals surface area contributed by atoms with Gasteiger partial charge >= 0.3 is 0 Å². The molecule has 1 aromatic rings. The average Bonchev–Trinajstić information content (AvgIpc) is 2.34. The van der Waals surface area contributed by atoms with E-state index >= 15 is 0 Å². The van der Waals surface area contributed by atoms with Crippen LogP contribution in [0.1, 0.15) is 38.9 Å². The second-order valence-corrected chi connectivity index (χ2v) is 5.97. The lowest BCUT2D eigenvalue weighted by molar-refractivity contribution is 0.138. The first-order valence-electron chi connectivity index (χ1n) is 6.69. The molecule has 2 nitrogen and oxygen atoms in total. The van der Waals surface area contributed by atoms with Gasteiger partial charge < -0.3 is 10.0 Å². The Hall–Kier alpha value is -0.380. The molecule has 0 fully saturated rings. The second kappa shape index (κ2) is 7.93. The normalized spacial score (nSPS) is 13.3. The van der Waals surface area contributed by atoms with E-state index in [1.165, 1.54) is 0 Å². The Morgan fingerprint density at radius 1 is 1.28 bits per heavy atom. The molecule has 1 aromatic carbocycles. The molecule has 0 aliphatic carbocycles. The van der Waals surface area contributed by atoms with Crippen molar-refractivity contribution in [1.29, 1.82) is 0 Å². The number of aliphatic hydroxyl groups excluding tert-OH is 1. The fraction of sp³-hybridized carbons (Fsp3) is 0.600. The van der Waals surface area contributed by atoms with Gasteiger partial charge in [-0.25, -0.2) is 0 Å².